The molecule has 0 aliphatic carbocycles. The van der Waals surface area contributed by atoms with E-state index in [0.29, 0.717) is 24.5 Å². The summed E-state index contributed by atoms with van der Waals surface area (Å²) in [6.07, 6.45) is 0.525. The number of hydrogen-bond donors (Lipinski definition) is 2. The quantitative estimate of drug-likeness (QED) is 0.710. The highest BCUT2D eigenvalue weighted by Gasteiger charge is 2.34. The number of nitrogens with one attached hydrogen (secondary N) is 1. The van der Waals surface area contributed by atoms with E-state index in [1.165, 1.54) is 9.47 Å². The minimum Gasteiger partial charge on any atom is -0.485 e. The van der Waals surface area contributed by atoms with Crippen molar-refractivity contribution < 1.29 is 14.3 Å². The fraction of sp³-hybridized carbons (Fsp3) is 0.476. The summed E-state index contributed by atoms with van der Waals surface area (Å²) in [6, 6.07) is 7.08. The number of carbonyl (C=O) groups excluding carboxylic acids is 1. The predicted molar refractivity (Wildman–Crippen MR) is 114 cm³/mol. The van der Waals surface area contributed by atoms with Gasteiger partial charge in [0.05, 0.1) is 0 Å². The highest BCUT2D eigenvalue weighted by molar-refractivity contribution is 5.98. The number of aromatic amines is 1. The Balaban J connectivity index is 2.00. The molecule has 1 aliphatic rings. The summed E-state index contributed by atoms with van der Waals surface area (Å²) in [6.45, 7) is 6.45. The Bertz CT molecular complexity index is 1030. The summed E-state index contributed by atoms with van der Waals surface area (Å²) in [4.78, 5) is 41.9. The van der Waals surface area contributed by atoms with Crippen molar-refractivity contribution in [2.45, 2.75) is 46.3 Å². The molecule has 0 bridgehead atoms. The van der Waals surface area contributed by atoms with Gasteiger partial charge in [0.1, 0.15) is 12.4 Å². The molecule has 1 atom stereocenters. The average Bonchev–Trinajstić information content (AvgIpc) is 2.72. The molecular formula is C21H28N4O5. The molecule has 1 aromatic carbocycles. The third-order valence-electron chi connectivity index (χ3n) is 4.82. The van der Waals surface area contributed by atoms with E-state index in [1.807, 2.05) is 26.8 Å². The Morgan fingerprint density at radius 1 is 1.30 bits per heavy atom. The van der Waals surface area contributed by atoms with Crippen molar-refractivity contribution in [2.75, 3.05) is 23.8 Å². The zero-order valence-electron chi connectivity index (χ0n) is 17.5. The van der Waals surface area contributed by atoms with Crippen LogP contribution in [-0.2, 0) is 11.3 Å². The molecule has 30 heavy (non-hydrogen) atoms. The predicted octanol–water partition coefficient (Wildman–Crippen LogP) is 1.75. The molecule has 9 nitrogen and oxygen atoms in total. The standard InChI is InChI=1S/C21H28N4O5/c1-4-5-10-24(17-18(22)25(11-13(2)3)21(28)23-19(17)26)20(27)16-12-29-14-8-6-7-9-15(14)30-16/h6-9,13,16H,4-5,10-12,22H2,1-3H3,(H,23,26,28)/t16-/m1/s1. The Labute approximate surface area is 174 Å². The minimum absolute atomic E-state index is 0.0158. The molecule has 2 heterocycles. The molecular weight excluding hydrogens is 388 g/mol. The number of hydrogen-bond acceptors (Lipinski definition) is 6. The summed E-state index contributed by atoms with van der Waals surface area (Å²) in [5.74, 6) is 0.674. The smallest absolute Gasteiger partial charge is 0.330 e. The Kier molecular flexibility index (Phi) is 6.49. The van der Waals surface area contributed by atoms with Gasteiger partial charge in [0, 0.05) is 13.1 Å². The number of nitrogens with zero attached hydrogens (tertiary/aromatic N) is 2. The molecule has 9 heteroatoms. The van der Waals surface area contributed by atoms with Crippen LogP contribution >= 0.6 is 0 Å². The molecule has 0 unspecified atom stereocenters. The highest BCUT2D eigenvalue weighted by atomic mass is 16.6. The van der Waals surface area contributed by atoms with Crippen molar-refractivity contribution in [3.05, 3.63) is 45.1 Å². The minimum atomic E-state index is -0.930. The van der Waals surface area contributed by atoms with Gasteiger partial charge < -0.3 is 20.1 Å². The number of anilines is 2. The summed E-state index contributed by atoms with van der Waals surface area (Å²) in [7, 11) is 0. The molecule has 2 aromatic rings. The first-order valence-electron chi connectivity index (χ1n) is 10.2. The SMILES string of the molecule is CCCCN(C(=O)[C@H]1COc2ccccc2O1)c1c(N)n(CC(C)C)c(=O)[nH]c1=O. The summed E-state index contributed by atoms with van der Waals surface area (Å²) in [5.41, 5.74) is 4.91. The van der Waals surface area contributed by atoms with Gasteiger partial charge in [-0.1, -0.05) is 39.3 Å². The highest BCUT2D eigenvalue weighted by Crippen LogP contribution is 2.32. The lowest BCUT2D eigenvalue weighted by Gasteiger charge is -2.31. The summed E-state index contributed by atoms with van der Waals surface area (Å²) < 4.78 is 12.8. The zero-order chi connectivity index (χ0) is 21.8. The molecule has 0 saturated carbocycles. The number of ether oxygens (including phenoxy) is 2. The first-order chi connectivity index (χ1) is 14.3. The molecule has 0 radical (unpaired) electrons. The van der Waals surface area contributed by atoms with Crippen molar-refractivity contribution in [3.8, 4) is 11.5 Å². The number of aromatic nitrogens is 2. The maximum absolute atomic E-state index is 13.4. The largest absolute Gasteiger partial charge is 0.485 e. The van der Waals surface area contributed by atoms with E-state index in [2.05, 4.69) is 4.98 Å². The maximum atomic E-state index is 13.4. The van der Waals surface area contributed by atoms with Crippen LogP contribution in [0.2, 0.25) is 0 Å². The molecule has 3 rings (SSSR count). The average molecular weight is 416 g/mol. The number of fused-ring (bicyclic) bond motifs is 1. The van der Waals surface area contributed by atoms with Gasteiger partial charge in [-0.25, -0.2) is 4.79 Å². The van der Waals surface area contributed by atoms with E-state index < -0.39 is 23.3 Å². The van der Waals surface area contributed by atoms with Crippen LogP contribution in [0.1, 0.15) is 33.6 Å². The molecule has 1 amide bonds. The lowest BCUT2D eigenvalue weighted by atomic mass is 10.2. The van der Waals surface area contributed by atoms with Crippen molar-refractivity contribution in [1.82, 2.24) is 9.55 Å². The van der Waals surface area contributed by atoms with E-state index >= 15 is 0 Å². The van der Waals surface area contributed by atoms with E-state index in [-0.39, 0.29) is 30.6 Å². The van der Waals surface area contributed by atoms with Crippen molar-refractivity contribution in [1.29, 1.82) is 0 Å². The van der Waals surface area contributed by atoms with Crippen molar-refractivity contribution >= 4 is 17.4 Å². The number of rotatable bonds is 7. The number of unbranched alkanes of at least 4 members (excludes halogenated alkanes) is 1. The van der Waals surface area contributed by atoms with E-state index in [9.17, 15) is 14.4 Å². The van der Waals surface area contributed by atoms with Gasteiger partial charge in [-0.05, 0) is 24.5 Å². The molecule has 0 saturated heterocycles. The number of nitrogen functional groups attached to an aromatic ring is 1. The second kappa shape index (κ2) is 9.06. The topological polar surface area (TPSA) is 120 Å². The van der Waals surface area contributed by atoms with Gasteiger partial charge in [0.15, 0.2) is 17.2 Å². The van der Waals surface area contributed by atoms with Crippen LogP contribution < -0.4 is 31.4 Å². The van der Waals surface area contributed by atoms with Gasteiger partial charge in [0.25, 0.3) is 11.5 Å². The Morgan fingerprint density at radius 2 is 2.00 bits per heavy atom. The lowest BCUT2D eigenvalue weighted by molar-refractivity contribution is -0.127. The molecule has 162 valence electrons. The Morgan fingerprint density at radius 3 is 2.67 bits per heavy atom. The first-order valence-corrected chi connectivity index (χ1v) is 10.2. The number of H-pyrrole nitrogens is 1. The molecule has 3 N–H and O–H groups in total. The number of benzene rings is 1. The van der Waals surface area contributed by atoms with Crippen molar-refractivity contribution in [3.63, 3.8) is 0 Å². The number of carbonyl (C=O) groups is 1. The van der Waals surface area contributed by atoms with Gasteiger partial charge in [0.2, 0.25) is 6.10 Å². The van der Waals surface area contributed by atoms with Gasteiger partial charge in [-0.15, -0.1) is 0 Å². The third kappa shape index (κ3) is 4.34. The fourth-order valence-electron chi connectivity index (χ4n) is 3.35. The monoisotopic (exact) mass is 416 g/mol. The van der Waals surface area contributed by atoms with Crippen molar-refractivity contribution in [2.24, 2.45) is 5.92 Å². The van der Waals surface area contributed by atoms with Crippen LogP contribution in [-0.4, -0.2) is 34.7 Å². The molecule has 0 spiro atoms. The van der Waals surface area contributed by atoms with E-state index in [1.54, 1.807) is 18.2 Å². The first kappa shape index (κ1) is 21.5. The van der Waals surface area contributed by atoms with E-state index in [4.69, 9.17) is 15.2 Å². The summed E-state index contributed by atoms with van der Waals surface area (Å²) in [5, 5.41) is 0. The number of amides is 1. The normalized spacial score (nSPS) is 15.3. The second-order valence-corrected chi connectivity index (χ2v) is 7.71. The van der Waals surface area contributed by atoms with Crippen LogP contribution in [0, 0.1) is 5.92 Å². The van der Waals surface area contributed by atoms with Gasteiger partial charge in [-0.2, -0.15) is 0 Å². The van der Waals surface area contributed by atoms with Gasteiger partial charge in [-0.3, -0.25) is 19.1 Å². The lowest BCUT2D eigenvalue weighted by Crippen LogP contribution is -2.50. The molecule has 0 fully saturated rings. The molecule has 1 aliphatic heterocycles. The zero-order valence-corrected chi connectivity index (χ0v) is 17.5. The maximum Gasteiger partial charge on any atom is 0.330 e. The number of nitrogens with two attached hydrogens (primary N) is 1. The third-order valence-corrected chi connectivity index (χ3v) is 4.82. The van der Waals surface area contributed by atoms with E-state index in [0.717, 1.165) is 6.42 Å². The van der Waals surface area contributed by atoms with Crippen LogP contribution in [0.3, 0.4) is 0 Å². The summed E-state index contributed by atoms with van der Waals surface area (Å²) >= 11 is 0. The van der Waals surface area contributed by atoms with Gasteiger partial charge >= 0.3 is 5.69 Å². The van der Waals surface area contributed by atoms with Crippen LogP contribution in [0.4, 0.5) is 11.5 Å². The Hall–Kier alpha value is -3.23. The van der Waals surface area contributed by atoms with Crippen LogP contribution in [0.5, 0.6) is 11.5 Å². The number of para-hydroxylation sites is 2. The van der Waals surface area contributed by atoms with Crippen LogP contribution in [0.25, 0.3) is 0 Å². The molecule has 1 aromatic heterocycles. The van der Waals surface area contributed by atoms with Crippen LogP contribution in [0.15, 0.2) is 33.9 Å². The second-order valence-electron chi connectivity index (χ2n) is 7.71. The fourth-order valence-corrected chi connectivity index (χ4v) is 3.35.